The molecule has 2 aromatic carbocycles. The first-order valence-electron chi connectivity index (χ1n) is 8.94. The molecular formula is C21H26N2O2. The molecule has 2 aromatic rings. The van der Waals surface area contributed by atoms with Gasteiger partial charge < -0.3 is 15.0 Å². The molecule has 1 fully saturated rings. The molecule has 25 heavy (non-hydrogen) atoms. The third kappa shape index (κ3) is 4.13. The molecule has 4 nitrogen and oxygen atoms in total. The molecule has 1 saturated heterocycles. The number of ether oxygens (including phenoxy) is 1. The maximum absolute atomic E-state index is 13.1. The number of likely N-dealkylation sites (tertiary alicyclic amines) is 1. The van der Waals surface area contributed by atoms with Gasteiger partial charge in [0.2, 0.25) is 5.91 Å². The third-order valence-corrected chi connectivity index (χ3v) is 4.75. The number of nitrogens with zero attached hydrogens (tertiary/aromatic N) is 1. The van der Waals surface area contributed by atoms with Gasteiger partial charge in [-0.05, 0) is 55.5 Å². The second kappa shape index (κ2) is 8.06. The molecule has 1 amide bonds. The van der Waals surface area contributed by atoms with Crippen LogP contribution >= 0.6 is 0 Å². The van der Waals surface area contributed by atoms with Crippen molar-refractivity contribution in [3.05, 3.63) is 59.7 Å². The summed E-state index contributed by atoms with van der Waals surface area (Å²) < 4.78 is 5.33. The van der Waals surface area contributed by atoms with Crippen LogP contribution in [0.1, 0.15) is 36.4 Å². The Labute approximate surface area is 149 Å². The van der Waals surface area contributed by atoms with E-state index in [0.717, 1.165) is 48.5 Å². The third-order valence-electron chi connectivity index (χ3n) is 4.75. The summed E-state index contributed by atoms with van der Waals surface area (Å²) in [6.45, 7) is 3.71. The average molecular weight is 338 g/mol. The topological polar surface area (TPSA) is 41.6 Å². The van der Waals surface area contributed by atoms with Crippen molar-refractivity contribution in [2.75, 3.05) is 25.5 Å². The van der Waals surface area contributed by atoms with Crippen molar-refractivity contribution in [1.29, 1.82) is 0 Å². The van der Waals surface area contributed by atoms with Crippen LogP contribution in [0.4, 0.5) is 5.69 Å². The fourth-order valence-corrected chi connectivity index (χ4v) is 3.36. The van der Waals surface area contributed by atoms with E-state index in [0.29, 0.717) is 0 Å². The number of hydrogen-bond donors (Lipinski definition) is 1. The molecule has 1 aliphatic rings. The maximum atomic E-state index is 13.1. The molecule has 0 unspecified atom stereocenters. The number of rotatable bonds is 5. The minimum Gasteiger partial charge on any atom is -0.496 e. The highest BCUT2D eigenvalue weighted by molar-refractivity contribution is 5.86. The van der Waals surface area contributed by atoms with Crippen LogP contribution in [0.25, 0.3) is 0 Å². The number of carbonyl (C=O) groups excluding carboxylic acids is 1. The van der Waals surface area contributed by atoms with Crippen molar-refractivity contribution in [3.8, 4) is 5.75 Å². The van der Waals surface area contributed by atoms with E-state index in [1.807, 2.05) is 60.4 Å². The Morgan fingerprint density at radius 1 is 1.08 bits per heavy atom. The number of piperidine rings is 1. The van der Waals surface area contributed by atoms with Gasteiger partial charge in [0.25, 0.3) is 0 Å². The van der Waals surface area contributed by atoms with E-state index in [2.05, 4.69) is 5.32 Å². The summed E-state index contributed by atoms with van der Waals surface area (Å²) in [6.07, 6.45) is 3.40. The summed E-state index contributed by atoms with van der Waals surface area (Å²) in [5.74, 6) is 1.00. The smallest absolute Gasteiger partial charge is 0.249 e. The van der Waals surface area contributed by atoms with Gasteiger partial charge in [-0.25, -0.2) is 0 Å². The molecule has 1 heterocycles. The lowest BCUT2D eigenvalue weighted by molar-refractivity contribution is -0.133. The van der Waals surface area contributed by atoms with Crippen LogP contribution in [0.5, 0.6) is 5.75 Å². The number of anilines is 1. The zero-order valence-electron chi connectivity index (χ0n) is 15.0. The molecule has 0 spiro atoms. The minimum atomic E-state index is -0.368. The van der Waals surface area contributed by atoms with Gasteiger partial charge in [-0.1, -0.05) is 30.3 Å². The summed E-state index contributed by atoms with van der Waals surface area (Å²) in [7, 11) is 1.67. The number of methoxy groups -OCH3 is 1. The van der Waals surface area contributed by atoms with E-state index in [9.17, 15) is 4.79 Å². The Kier molecular flexibility index (Phi) is 5.59. The monoisotopic (exact) mass is 338 g/mol. The van der Waals surface area contributed by atoms with E-state index in [-0.39, 0.29) is 11.9 Å². The van der Waals surface area contributed by atoms with Gasteiger partial charge in [0.05, 0.1) is 7.11 Å². The SMILES string of the molecule is COc1ccc(N[C@H](C(=O)N2CCCCC2)c2ccccc2)cc1C. The molecule has 0 saturated carbocycles. The molecule has 1 aliphatic heterocycles. The van der Waals surface area contributed by atoms with E-state index >= 15 is 0 Å². The van der Waals surface area contributed by atoms with Crippen molar-refractivity contribution < 1.29 is 9.53 Å². The highest BCUT2D eigenvalue weighted by Gasteiger charge is 2.27. The van der Waals surface area contributed by atoms with E-state index in [1.54, 1.807) is 7.11 Å². The predicted molar refractivity (Wildman–Crippen MR) is 101 cm³/mol. The van der Waals surface area contributed by atoms with Crippen molar-refractivity contribution >= 4 is 11.6 Å². The Morgan fingerprint density at radius 3 is 2.44 bits per heavy atom. The number of amides is 1. The van der Waals surface area contributed by atoms with Crippen molar-refractivity contribution in [2.45, 2.75) is 32.2 Å². The van der Waals surface area contributed by atoms with Gasteiger partial charge in [-0.3, -0.25) is 4.79 Å². The van der Waals surface area contributed by atoms with E-state index in [4.69, 9.17) is 4.74 Å². The Bertz CT molecular complexity index is 709. The molecule has 1 atom stereocenters. The number of nitrogens with one attached hydrogen (secondary N) is 1. The van der Waals surface area contributed by atoms with Gasteiger partial charge in [-0.2, -0.15) is 0 Å². The minimum absolute atomic E-state index is 0.152. The van der Waals surface area contributed by atoms with Crippen LogP contribution in [-0.4, -0.2) is 31.0 Å². The lowest BCUT2D eigenvalue weighted by Crippen LogP contribution is -2.41. The van der Waals surface area contributed by atoms with Gasteiger partial charge in [0, 0.05) is 18.8 Å². The largest absolute Gasteiger partial charge is 0.496 e. The molecule has 0 bridgehead atoms. The van der Waals surface area contributed by atoms with Crippen LogP contribution < -0.4 is 10.1 Å². The number of hydrogen-bond acceptors (Lipinski definition) is 3. The Morgan fingerprint density at radius 2 is 1.80 bits per heavy atom. The zero-order valence-corrected chi connectivity index (χ0v) is 15.0. The van der Waals surface area contributed by atoms with Gasteiger partial charge in [0.1, 0.15) is 11.8 Å². The zero-order chi connectivity index (χ0) is 17.6. The molecule has 0 aliphatic carbocycles. The van der Waals surface area contributed by atoms with Crippen LogP contribution in [0.3, 0.4) is 0 Å². The molecule has 0 radical (unpaired) electrons. The van der Waals surface area contributed by atoms with Crippen molar-refractivity contribution in [1.82, 2.24) is 4.90 Å². The highest BCUT2D eigenvalue weighted by Crippen LogP contribution is 2.27. The first-order chi connectivity index (χ1) is 12.2. The van der Waals surface area contributed by atoms with Crippen LogP contribution in [0.2, 0.25) is 0 Å². The summed E-state index contributed by atoms with van der Waals surface area (Å²) in [4.78, 5) is 15.1. The van der Waals surface area contributed by atoms with Gasteiger partial charge in [-0.15, -0.1) is 0 Å². The summed E-state index contributed by atoms with van der Waals surface area (Å²) >= 11 is 0. The van der Waals surface area contributed by atoms with Crippen molar-refractivity contribution in [3.63, 3.8) is 0 Å². The summed E-state index contributed by atoms with van der Waals surface area (Å²) in [5.41, 5.74) is 2.97. The van der Waals surface area contributed by atoms with Crippen LogP contribution in [0.15, 0.2) is 48.5 Å². The van der Waals surface area contributed by atoms with Crippen LogP contribution in [-0.2, 0) is 4.79 Å². The number of benzene rings is 2. The second-order valence-corrected chi connectivity index (χ2v) is 6.56. The molecule has 3 rings (SSSR count). The molecule has 4 heteroatoms. The normalized spacial score (nSPS) is 15.5. The molecule has 132 valence electrons. The van der Waals surface area contributed by atoms with Crippen LogP contribution in [0, 0.1) is 6.92 Å². The first kappa shape index (κ1) is 17.3. The van der Waals surface area contributed by atoms with E-state index in [1.165, 1.54) is 6.42 Å². The Balaban J connectivity index is 1.86. The first-order valence-corrected chi connectivity index (χ1v) is 8.94. The lowest BCUT2D eigenvalue weighted by Gasteiger charge is -2.31. The number of carbonyl (C=O) groups is 1. The standard InChI is InChI=1S/C21H26N2O2/c1-16-15-18(11-12-19(16)25-2)22-20(17-9-5-3-6-10-17)21(24)23-13-7-4-8-14-23/h3,5-6,9-12,15,20,22H,4,7-8,13-14H2,1-2H3/t20-/m0/s1. The highest BCUT2D eigenvalue weighted by atomic mass is 16.5. The molecule has 0 aromatic heterocycles. The van der Waals surface area contributed by atoms with E-state index < -0.39 is 0 Å². The number of aryl methyl sites for hydroxylation is 1. The van der Waals surface area contributed by atoms with Gasteiger partial charge in [0.15, 0.2) is 0 Å². The average Bonchev–Trinajstić information content (AvgIpc) is 2.67. The maximum Gasteiger partial charge on any atom is 0.249 e. The predicted octanol–water partition coefficient (Wildman–Crippen LogP) is 4.17. The quantitative estimate of drug-likeness (QED) is 0.890. The lowest BCUT2D eigenvalue weighted by atomic mass is 10.0. The fourth-order valence-electron chi connectivity index (χ4n) is 3.36. The molecule has 1 N–H and O–H groups in total. The van der Waals surface area contributed by atoms with Crippen molar-refractivity contribution in [2.24, 2.45) is 0 Å². The summed E-state index contributed by atoms with van der Waals surface area (Å²) in [5, 5.41) is 3.44. The summed E-state index contributed by atoms with van der Waals surface area (Å²) in [6, 6.07) is 15.5. The molecular weight excluding hydrogens is 312 g/mol. The Hall–Kier alpha value is -2.49. The second-order valence-electron chi connectivity index (χ2n) is 6.56. The fraction of sp³-hybridized carbons (Fsp3) is 0.381. The van der Waals surface area contributed by atoms with Gasteiger partial charge >= 0.3 is 0 Å².